The first-order valence-corrected chi connectivity index (χ1v) is 7.41. The van der Waals surface area contributed by atoms with E-state index in [0.29, 0.717) is 11.3 Å². The van der Waals surface area contributed by atoms with E-state index in [1.54, 1.807) is 25.1 Å². The smallest absolute Gasteiger partial charge is 0.174 e. The van der Waals surface area contributed by atoms with E-state index in [9.17, 15) is 13.5 Å². The van der Waals surface area contributed by atoms with E-state index in [4.69, 9.17) is 17.3 Å². The highest BCUT2D eigenvalue weighted by atomic mass is 35.5. The minimum Gasteiger partial charge on any atom is -0.399 e. The summed E-state index contributed by atoms with van der Waals surface area (Å²) in [6, 6.07) is 6.41. The molecule has 0 bridgehead atoms. The van der Waals surface area contributed by atoms with Gasteiger partial charge in [0.15, 0.2) is 14.0 Å². The molecule has 0 aliphatic heterocycles. The maximum Gasteiger partial charge on any atom is 0.174 e. The van der Waals surface area contributed by atoms with Gasteiger partial charge < -0.3 is 10.8 Å². The number of aliphatic hydroxyl groups is 1. The van der Waals surface area contributed by atoms with Crippen LogP contribution < -0.4 is 5.73 Å². The van der Waals surface area contributed by atoms with Crippen LogP contribution in [0.4, 0.5) is 5.69 Å². The van der Waals surface area contributed by atoms with Crippen LogP contribution in [0.25, 0.3) is 0 Å². The number of halogens is 1. The molecular weight excluding hydrogens is 262 g/mol. The number of hydrogen-bond acceptors (Lipinski definition) is 4. The standard InChI is InChI=1S/C11H16ClNO3S/c1-3-11(12,17(2,15)16)10(14)8-5-4-6-9(13)7-8/h4-7,10,14H,3,13H2,1-2H3. The van der Waals surface area contributed by atoms with Crippen molar-refractivity contribution in [1.82, 2.24) is 0 Å². The Balaban J connectivity index is 3.24. The largest absolute Gasteiger partial charge is 0.399 e. The van der Waals surface area contributed by atoms with Crippen molar-refractivity contribution in [2.24, 2.45) is 0 Å². The summed E-state index contributed by atoms with van der Waals surface area (Å²) in [4.78, 5) is 0. The lowest BCUT2D eigenvalue weighted by molar-refractivity contribution is 0.155. The Kier molecular flexibility index (Phi) is 4.06. The highest BCUT2D eigenvalue weighted by Gasteiger charge is 2.44. The normalized spacial score (nSPS) is 17.4. The number of benzene rings is 1. The zero-order valence-electron chi connectivity index (χ0n) is 9.72. The zero-order chi connectivity index (χ0) is 13.3. The van der Waals surface area contributed by atoms with Gasteiger partial charge in [0, 0.05) is 11.9 Å². The molecule has 4 nitrogen and oxygen atoms in total. The summed E-state index contributed by atoms with van der Waals surface area (Å²) in [7, 11) is -3.60. The molecule has 3 N–H and O–H groups in total. The third-order valence-corrected chi connectivity index (χ3v) is 5.79. The summed E-state index contributed by atoms with van der Waals surface area (Å²) >= 11 is 6.06. The van der Waals surface area contributed by atoms with Gasteiger partial charge in [-0.25, -0.2) is 8.42 Å². The van der Waals surface area contributed by atoms with Crippen molar-refractivity contribution in [3.63, 3.8) is 0 Å². The van der Waals surface area contributed by atoms with E-state index >= 15 is 0 Å². The van der Waals surface area contributed by atoms with E-state index in [2.05, 4.69) is 0 Å². The number of rotatable bonds is 4. The lowest BCUT2D eigenvalue weighted by atomic mass is 10.0. The van der Waals surface area contributed by atoms with Crippen LogP contribution >= 0.6 is 11.6 Å². The van der Waals surface area contributed by atoms with Crippen molar-refractivity contribution < 1.29 is 13.5 Å². The monoisotopic (exact) mass is 277 g/mol. The fourth-order valence-corrected chi connectivity index (χ4v) is 2.83. The van der Waals surface area contributed by atoms with Crippen molar-refractivity contribution >= 4 is 27.1 Å². The van der Waals surface area contributed by atoms with E-state index in [-0.39, 0.29) is 6.42 Å². The van der Waals surface area contributed by atoms with Gasteiger partial charge in [-0.1, -0.05) is 30.7 Å². The Labute approximate surface area is 106 Å². The SMILES string of the molecule is CCC(Cl)(C(O)c1cccc(N)c1)S(C)(=O)=O. The minimum absolute atomic E-state index is 0.101. The van der Waals surface area contributed by atoms with E-state index in [1.165, 1.54) is 6.07 Å². The molecule has 1 aromatic rings. The second kappa shape index (κ2) is 4.84. The molecule has 0 saturated heterocycles. The summed E-state index contributed by atoms with van der Waals surface area (Å²) in [5, 5.41) is 10.1. The molecule has 0 amide bonds. The number of hydrogen-bond donors (Lipinski definition) is 2. The summed E-state index contributed by atoms with van der Waals surface area (Å²) in [6.45, 7) is 1.61. The van der Waals surface area contributed by atoms with Crippen molar-refractivity contribution in [3.8, 4) is 0 Å². The Bertz CT molecular complexity index is 503. The molecule has 0 aliphatic rings. The van der Waals surface area contributed by atoms with Crippen molar-refractivity contribution in [1.29, 1.82) is 0 Å². The van der Waals surface area contributed by atoms with Crippen molar-refractivity contribution in [3.05, 3.63) is 29.8 Å². The number of anilines is 1. The molecule has 96 valence electrons. The lowest BCUT2D eigenvalue weighted by Gasteiger charge is -2.29. The molecule has 0 heterocycles. The molecule has 0 radical (unpaired) electrons. The predicted molar refractivity (Wildman–Crippen MR) is 69.5 cm³/mol. The van der Waals surface area contributed by atoms with Crippen molar-refractivity contribution in [2.75, 3.05) is 12.0 Å². The average molecular weight is 278 g/mol. The summed E-state index contributed by atoms with van der Waals surface area (Å²) in [6.07, 6.45) is -0.199. The van der Waals surface area contributed by atoms with Crippen LogP contribution in [0.2, 0.25) is 0 Å². The number of nitrogens with two attached hydrogens (primary N) is 1. The Morgan fingerprint density at radius 3 is 2.53 bits per heavy atom. The number of aliphatic hydroxyl groups excluding tert-OH is 1. The first-order chi connectivity index (χ1) is 7.72. The quantitative estimate of drug-likeness (QED) is 0.648. The Morgan fingerprint density at radius 1 is 1.53 bits per heavy atom. The van der Waals surface area contributed by atoms with Crippen LogP contribution in [-0.4, -0.2) is 24.0 Å². The molecule has 0 aromatic heterocycles. The van der Waals surface area contributed by atoms with Gasteiger partial charge in [-0.3, -0.25) is 0 Å². The van der Waals surface area contributed by atoms with Crippen LogP contribution in [0.5, 0.6) is 0 Å². The van der Waals surface area contributed by atoms with Gasteiger partial charge in [0.25, 0.3) is 0 Å². The fourth-order valence-electron chi connectivity index (χ4n) is 1.64. The molecule has 0 saturated carbocycles. The minimum atomic E-state index is -3.60. The van der Waals surface area contributed by atoms with Gasteiger partial charge in [0.2, 0.25) is 0 Å². The first-order valence-electron chi connectivity index (χ1n) is 5.14. The highest BCUT2D eigenvalue weighted by molar-refractivity contribution is 7.93. The number of nitrogen functional groups attached to an aromatic ring is 1. The van der Waals surface area contributed by atoms with Crippen LogP contribution in [0.3, 0.4) is 0 Å². The molecule has 0 aliphatic carbocycles. The zero-order valence-corrected chi connectivity index (χ0v) is 11.3. The number of alkyl halides is 1. The van der Waals surface area contributed by atoms with Gasteiger partial charge in [-0.05, 0) is 24.1 Å². The van der Waals surface area contributed by atoms with Crippen LogP contribution in [0.1, 0.15) is 25.0 Å². The number of sulfone groups is 1. The van der Waals surface area contributed by atoms with Crippen LogP contribution in [-0.2, 0) is 9.84 Å². The lowest BCUT2D eigenvalue weighted by Crippen LogP contribution is -2.37. The molecule has 0 spiro atoms. The van der Waals surface area contributed by atoms with Crippen molar-refractivity contribution in [2.45, 2.75) is 23.7 Å². The van der Waals surface area contributed by atoms with Gasteiger partial charge >= 0.3 is 0 Å². The second-order valence-corrected chi connectivity index (χ2v) is 7.16. The molecule has 0 fully saturated rings. The summed E-state index contributed by atoms with van der Waals surface area (Å²) < 4.78 is 21.6. The second-order valence-electron chi connectivity index (χ2n) is 3.98. The van der Waals surface area contributed by atoms with Crippen LogP contribution in [0.15, 0.2) is 24.3 Å². The molecule has 6 heteroatoms. The fraction of sp³-hybridized carbons (Fsp3) is 0.455. The third-order valence-electron chi connectivity index (χ3n) is 2.73. The van der Waals surface area contributed by atoms with E-state index in [1.807, 2.05) is 0 Å². The molecule has 1 rings (SSSR count). The van der Waals surface area contributed by atoms with E-state index in [0.717, 1.165) is 6.26 Å². The maximum absolute atomic E-state index is 11.7. The highest BCUT2D eigenvalue weighted by Crippen LogP contribution is 2.39. The first kappa shape index (κ1) is 14.3. The van der Waals surface area contributed by atoms with Crippen LogP contribution in [0, 0.1) is 0 Å². The molecule has 2 unspecified atom stereocenters. The van der Waals surface area contributed by atoms with E-state index < -0.39 is 20.1 Å². The summed E-state index contributed by atoms with van der Waals surface area (Å²) in [5.74, 6) is 0. The molecule has 1 aromatic carbocycles. The molecule has 17 heavy (non-hydrogen) atoms. The Morgan fingerprint density at radius 2 is 2.12 bits per heavy atom. The topological polar surface area (TPSA) is 80.4 Å². The molecular formula is C11H16ClNO3S. The van der Waals surface area contributed by atoms with Gasteiger partial charge in [0.1, 0.15) is 6.10 Å². The van der Waals surface area contributed by atoms with Gasteiger partial charge in [-0.2, -0.15) is 0 Å². The summed E-state index contributed by atoms with van der Waals surface area (Å²) in [5.41, 5.74) is 6.43. The maximum atomic E-state index is 11.7. The third kappa shape index (κ3) is 2.73. The van der Waals surface area contributed by atoms with Gasteiger partial charge in [-0.15, -0.1) is 0 Å². The predicted octanol–water partition coefficient (Wildman–Crippen LogP) is 1.69. The Hall–Kier alpha value is -0.780. The van der Waals surface area contributed by atoms with Gasteiger partial charge in [0.05, 0.1) is 0 Å². The average Bonchev–Trinajstić information content (AvgIpc) is 2.25. The molecule has 2 atom stereocenters.